The lowest BCUT2D eigenvalue weighted by Crippen LogP contribution is -2.54. The summed E-state index contributed by atoms with van der Waals surface area (Å²) < 4.78 is 29.6. The molecule has 4 N–H and O–H groups in total. The zero-order chi connectivity index (χ0) is 41.3. The Morgan fingerprint density at radius 3 is 2.41 bits per heavy atom. The van der Waals surface area contributed by atoms with E-state index >= 15 is 0 Å². The van der Waals surface area contributed by atoms with E-state index in [1.165, 1.54) is 0 Å². The third-order valence-corrected chi connectivity index (χ3v) is 15.0. The lowest BCUT2D eigenvalue weighted by atomic mass is 9.82. The second-order valence-electron chi connectivity index (χ2n) is 15.8. The molecular formula is C45H49N5O7S2. The molecule has 308 valence electrons. The summed E-state index contributed by atoms with van der Waals surface area (Å²) in [5, 5.41) is 19.6. The number of anilines is 2. The molecule has 4 heterocycles. The van der Waals surface area contributed by atoms with Crippen molar-refractivity contribution in [3.05, 3.63) is 107 Å². The van der Waals surface area contributed by atoms with Crippen LogP contribution in [0.25, 0.3) is 11.1 Å². The lowest BCUT2D eigenvalue weighted by Gasteiger charge is -2.39. The number of thioether (sulfide) groups is 1. The number of unbranched alkanes of at least 4 members (excludes halogenated alkanes) is 4. The number of rotatable bonds is 15. The number of fused-ring (bicyclic) bond motifs is 4. The zero-order valence-electron chi connectivity index (χ0n) is 33.0. The topological polar surface area (TPSA) is 165 Å². The van der Waals surface area contributed by atoms with Gasteiger partial charge in [-0.3, -0.25) is 29.4 Å². The van der Waals surface area contributed by atoms with Gasteiger partial charge in [-0.05, 0) is 104 Å². The van der Waals surface area contributed by atoms with E-state index in [0.29, 0.717) is 24.1 Å². The predicted octanol–water partition coefficient (Wildman–Crippen LogP) is 6.76. The van der Waals surface area contributed by atoms with Crippen molar-refractivity contribution >= 4 is 56.8 Å². The van der Waals surface area contributed by atoms with Gasteiger partial charge in [0.25, 0.3) is 11.8 Å². The molecule has 8 rings (SSSR count). The van der Waals surface area contributed by atoms with Gasteiger partial charge >= 0.3 is 0 Å². The number of nitrogens with zero attached hydrogens (tertiary/aromatic N) is 2. The molecule has 14 heteroatoms. The number of piperidine rings is 1. The number of hydrogen-bond acceptors (Lipinski definition) is 10. The molecule has 2 saturated heterocycles. The van der Waals surface area contributed by atoms with Crippen molar-refractivity contribution < 1.29 is 32.7 Å². The summed E-state index contributed by atoms with van der Waals surface area (Å²) in [5.41, 5.74) is 6.46. The molecule has 59 heavy (non-hydrogen) atoms. The average molecular weight is 836 g/mol. The molecule has 1 unspecified atom stereocenters. The first kappa shape index (κ1) is 40.7. The molecular weight excluding hydrogens is 787 g/mol. The number of amides is 4. The van der Waals surface area contributed by atoms with Gasteiger partial charge in [0, 0.05) is 41.7 Å². The van der Waals surface area contributed by atoms with Gasteiger partial charge in [-0.25, -0.2) is 8.42 Å². The van der Waals surface area contributed by atoms with Crippen LogP contribution in [0, 0.1) is 12.8 Å². The zero-order valence-corrected chi connectivity index (χ0v) is 34.6. The minimum Gasteiger partial charge on any atom is -0.394 e. The molecule has 0 saturated carbocycles. The van der Waals surface area contributed by atoms with Gasteiger partial charge < -0.3 is 15.7 Å². The molecule has 12 nitrogen and oxygen atoms in total. The Kier molecular flexibility index (Phi) is 11.9. The number of carbonyl (C=O) groups excluding carboxylic acids is 4. The Morgan fingerprint density at radius 2 is 1.61 bits per heavy atom. The number of carbonyl (C=O) groups is 4. The van der Waals surface area contributed by atoms with Crippen LogP contribution in [0.2, 0.25) is 0 Å². The Balaban J connectivity index is 0.826. The van der Waals surface area contributed by atoms with Gasteiger partial charge in [0.15, 0.2) is 0 Å². The number of aliphatic hydroxyl groups is 1. The third kappa shape index (κ3) is 8.15. The highest BCUT2D eigenvalue weighted by molar-refractivity contribution is 7.99. The molecule has 0 aliphatic carbocycles. The number of aliphatic hydroxyl groups excluding tert-OH is 1. The Hall–Kier alpha value is -5.02. The van der Waals surface area contributed by atoms with Gasteiger partial charge in [0.1, 0.15) is 6.04 Å². The predicted molar refractivity (Wildman–Crippen MR) is 228 cm³/mol. The highest BCUT2D eigenvalue weighted by atomic mass is 32.2. The second kappa shape index (κ2) is 17.3. The molecule has 4 aromatic rings. The van der Waals surface area contributed by atoms with Crippen LogP contribution < -0.4 is 16.0 Å². The SMILES string of the molecule is Cc1ccc(S(=O)(=O)N2CC[C@@H]3[C@H](CO)Nc4ccc(-c5cccc(NCCCCCCCSc6cccc7c6C(=O)N(C6CCC(=O)NC6=O)C7=O)c5)cc4[C@@H]32)cc1. The molecule has 4 amide bonds. The highest BCUT2D eigenvalue weighted by Crippen LogP contribution is 2.49. The number of benzene rings is 4. The first-order valence-electron chi connectivity index (χ1n) is 20.5. The van der Waals surface area contributed by atoms with Crippen molar-refractivity contribution in [2.24, 2.45) is 5.92 Å². The first-order chi connectivity index (χ1) is 28.5. The van der Waals surface area contributed by atoms with Crippen molar-refractivity contribution in [2.45, 2.75) is 86.2 Å². The van der Waals surface area contributed by atoms with Crippen molar-refractivity contribution in [1.82, 2.24) is 14.5 Å². The fourth-order valence-corrected chi connectivity index (χ4v) is 11.7. The smallest absolute Gasteiger partial charge is 0.263 e. The monoisotopic (exact) mass is 835 g/mol. The fraction of sp³-hybridized carbons (Fsp3) is 0.378. The standard InChI is InChI=1S/C45H49N5O7S2/c1-28-13-16-32(17-14-28)59(56,57)49-23-21-33-37(27-51)47-36-18-15-30(26-35(36)42(33)49)29-9-7-10-31(25-29)46-22-5-3-2-4-6-24-58-39-12-8-11-34-41(39)45(55)50(44(34)54)38-19-20-40(52)48-43(38)53/h7-18,25-26,33,37-38,42,46-47,51H,2-6,19-24,27H2,1H3,(H,48,52,53)/t33-,37+,38?,42-/m1/s1. The van der Waals surface area contributed by atoms with E-state index < -0.39 is 39.7 Å². The van der Waals surface area contributed by atoms with Gasteiger partial charge in [0.05, 0.1) is 34.7 Å². The molecule has 0 spiro atoms. The maximum Gasteiger partial charge on any atom is 0.263 e. The molecule has 0 aromatic heterocycles. The van der Waals surface area contributed by atoms with Gasteiger partial charge in [-0.2, -0.15) is 4.31 Å². The fourth-order valence-electron chi connectivity index (χ4n) is 8.90. The van der Waals surface area contributed by atoms with Crippen LogP contribution in [-0.4, -0.2) is 83.9 Å². The summed E-state index contributed by atoms with van der Waals surface area (Å²) in [6, 6.07) is 25.1. The van der Waals surface area contributed by atoms with Crippen LogP contribution in [0.5, 0.6) is 0 Å². The summed E-state index contributed by atoms with van der Waals surface area (Å²) in [4.78, 5) is 52.6. The minimum absolute atomic E-state index is 0.0585. The third-order valence-electron chi connectivity index (χ3n) is 12.0. The molecule has 4 aliphatic heterocycles. The number of aryl methyl sites for hydroxylation is 1. The second-order valence-corrected chi connectivity index (χ2v) is 18.8. The molecule has 4 aromatic carbocycles. The number of nitrogens with one attached hydrogen (secondary N) is 3. The lowest BCUT2D eigenvalue weighted by molar-refractivity contribution is -0.136. The normalized spacial score (nSPS) is 21.5. The van der Waals surface area contributed by atoms with Crippen molar-refractivity contribution in [3.63, 3.8) is 0 Å². The van der Waals surface area contributed by atoms with Crippen LogP contribution >= 0.6 is 11.8 Å². The van der Waals surface area contributed by atoms with Crippen LogP contribution in [0.4, 0.5) is 11.4 Å². The molecule has 4 atom stereocenters. The maximum absolute atomic E-state index is 14.0. The molecule has 4 aliphatic rings. The number of imide groups is 2. The first-order valence-corrected chi connectivity index (χ1v) is 22.9. The van der Waals surface area contributed by atoms with E-state index in [1.807, 2.05) is 43.3 Å². The highest BCUT2D eigenvalue weighted by Gasteiger charge is 2.49. The summed E-state index contributed by atoms with van der Waals surface area (Å²) in [6.07, 6.45) is 5.99. The Morgan fingerprint density at radius 1 is 0.847 bits per heavy atom. The summed E-state index contributed by atoms with van der Waals surface area (Å²) in [7, 11) is -3.76. The van der Waals surface area contributed by atoms with E-state index in [-0.39, 0.29) is 42.3 Å². The molecule has 2 fully saturated rings. The minimum atomic E-state index is -3.76. The van der Waals surface area contributed by atoms with Crippen LogP contribution in [-0.2, 0) is 19.6 Å². The van der Waals surface area contributed by atoms with E-state index in [1.54, 1.807) is 40.3 Å². The van der Waals surface area contributed by atoms with Crippen molar-refractivity contribution in [2.75, 3.05) is 36.1 Å². The summed E-state index contributed by atoms with van der Waals surface area (Å²) in [6.45, 7) is 3.07. The molecule has 0 bridgehead atoms. The van der Waals surface area contributed by atoms with E-state index in [4.69, 9.17) is 0 Å². The summed E-state index contributed by atoms with van der Waals surface area (Å²) >= 11 is 1.55. The average Bonchev–Trinajstić information content (AvgIpc) is 3.80. The quantitative estimate of drug-likeness (QED) is 0.0572. The van der Waals surface area contributed by atoms with Gasteiger partial charge in [-0.15, -0.1) is 11.8 Å². The van der Waals surface area contributed by atoms with Crippen LogP contribution in [0.1, 0.15) is 89.3 Å². The Bertz CT molecular complexity index is 2390. The van der Waals surface area contributed by atoms with Crippen molar-refractivity contribution in [1.29, 1.82) is 0 Å². The van der Waals surface area contributed by atoms with Crippen molar-refractivity contribution in [3.8, 4) is 11.1 Å². The largest absolute Gasteiger partial charge is 0.394 e. The van der Waals surface area contributed by atoms with Gasteiger partial charge in [-0.1, -0.05) is 61.2 Å². The maximum atomic E-state index is 14.0. The van der Waals surface area contributed by atoms with Crippen LogP contribution in [0.15, 0.2) is 94.7 Å². The van der Waals surface area contributed by atoms with E-state index in [0.717, 1.165) is 87.8 Å². The van der Waals surface area contributed by atoms with E-state index in [9.17, 15) is 32.7 Å². The number of hydrogen-bond donors (Lipinski definition) is 4. The van der Waals surface area contributed by atoms with E-state index in [2.05, 4.69) is 40.2 Å². The van der Waals surface area contributed by atoms with Gasteiger partial charge in [0.2, 0.25) is 21.8 Å². The molecule has 0 radical (unpaired) electrons. The van der Waals surface area contributed by atoms with Crippen LogP contribution in [0.3, 0.4) is 0 Å². The Labute approximate surface area is 349 Å². The number of sulfonamides is 1. The summed E-state index contributed by atoms with van der Waals surface area (Å²) in [5.74, 6) is -1.23.